The van der Waals surface area contributed by atoms with Crippen molar-refractivity contribution >= 4 is 11.9 Å². The second-order valence-corrected chi connectivity index (χ2v) is 8.13. The van der Waals surface area contributed by atoms with Crippen molar-refractivity contribution in [1.82, 2.24) is 20.4 Å². The highest BCUT2D eigenvalue weighted by Crippen LogP contribution is 2.18. The van der Waals surface area contributed by atoms with Gasteiger partial charge in [-0.05, 0) is 31.7 Å². The van der Waals surface area contributed by atoms with Crippen molar-refractivity contribution in [2.24, 2.45) is 16.8 Å². The molecule has 0 bridgehead atoms. The highest BCUT2D eigenvalue weighted by molar-refractivity contribution is 5.84. The lowest BCUT2D eigenvalue weighted by Gasteiger charge is -2.27. The molecule has 0 aromatic carbocycles. The van der Waals surface area contributed by atoms with Crippen LogP contribution in [0, 0.1) is 11.8 Å². The zero-order valence-electron chi connectivity index (χ0n) is 17.0. The molecule has 0 aromatic heterocycles. The maximum Gasteiger partial charge on any atom is 0.243 e. The third kappa shape index (κ3) is 7.11. The highest BCUT2D eigenvalue weighted by Gasteiger charge is 2.25. The molecule has 1 unspecified atom stereocenters. The Morgan fingerprint density at radius 1 is 1.27 bits per heavy atom. The molecule has 26 heavy (non-hydrogen) atoms. The number of likely N-dealkylation sites (N-methyl/N-ethyl adjacent to an activating group) is 1. The predicted octanol–water partition coefficient (Wildman–Crippen LogP) is 0.767. The predicted molar refractivity (Wildman–Crippen MR) is 105 cm³/mol. The number of guanidine groups is 1. The van der Waals surface area contributed by atoms with Crippen LogP contribution in [0.3, 0.4) is 0 Å². The Morgan fingerprint density at radius 2 is 2.04 bits per heavy atom. The number of hydrogen-bond acceptors (Lipinski definition) is 4. The number of likely N-dealkylation sites (tertiary alicyclic amines) is 1. The van der Waals surface area contributed by atoms with Crippen LogP contribution in [-0.4, -0.2) is 87.7 Å². The van der Waals surface area contributed by atoms with Crippen LogP contribution in [0.2, 0.25) is 0 Å². The van der Waals surface area contributed by atoms with E-state index in [-0.39, 0.29) is 12.5 Å². The van der Waals surface area contributed by atoms with Crippen LogP contribution < -0.4 is 10.6 Å². The Bertz CT molecular complexity index is 461. The summed E-state index contributed by atoms with van der Waals surface area (Å²) >= 11 is 0. The fourth-order valence-corrected chi connectivity index (χ4v) is 3.50. The average Bonchev–Trinajstić information content (AvgIpc) is 3.25. The molecule has 7 nitrogen and oxygen atoms in total. The summed E-state index contributed by atoms with van der Waals surface area (Å²) in [6.45, 7) is 10.4. The van der Waals surface area contributed by atoms with Crippen molar-refractivity contribution < 1.29 is 9.53 Å². The van der Waals surface area contributed by atoms with Gasteiger partial charge in [-0.25, -0.2) is 4.99 Å². The molecule has 0 saturated carbocycles. The van der Waals surface area contributed by atoms with Gasteiger partial charge in [-0.3, -0.25) is 9.69 Å². The largest absolute Gasteiger partial charge is 0.381 e. The Balaban J connectivity index is 1.87. The Labute approximate surface area is 158 Å². The van der Waals surface area contributed by atoms with Gasteiger partial charge >= 0.3 is 0 Å². The molecule has 0 radical (unpaired) electrons. The van der Waals surface area contributed by atoms with E-state index in [1.807, 2.05) is 0 Å². The third-order valence-corrected chi connectivity index (χ3v) is 5.06. The van der Waals surface area contributed by atoms with Gasteiger partial charge in [-0.2, -0.15) is 0 Å². The summed E-state index contributed by atoms with van der Waals surface area (Å²) in [4.78, 5) is 20.5. The fourth-order valence-electron chi connectivity index (χ4n) is 3.50. The molecule has 2 rings (SSSR count). The van der Waals surface area contributed by atoms with E-state index < -0.39 is 0 Å². The first-order valence-corrected chi connectivity index (χ1v) is 9.99. The van der Waals surface area contributed by atoms with E-state index >= 15 is 0 Å². The van der Waals surface area contributed by atoms with Crippen molar-refractivity contribution in [3.63, 3.8) is 0 Å². The molecule has 0 aliphatic carbocycles. The molecule has 2 saturated heterocycles. The topological polar surface area (TPSA) is 69.2 Å². The maximum absolute atomic E-state index is 11.9. The van der Waals surface area contributed by atoms with Crippen LogP contribution >= 0.6 is 0 Å². The minimum absolute atomic E-state index is 0.0117. The SMILES string of the molecule is CC(C)CN1CCC[C@@H]1CNC(=NCC(=O)N(C)C)NCC1CCOC1. The molecule has 7 heteroatoms. The molecule has 0 aromatic rings. The summed E-state index contributed by atoms with van der Waals surface area (Å²) in [5.41, 5.74) is 0. The van der Waals surface area contributed by atoms with Crippen LogP contribution in [0.1, 0.15) is 33.1 Å². The summed E-state index contributed by atoms with van der Waals surface area (Å²) in [5.74, 6) is 1.96. The second-order valence-electron chi connectivity index (χ2n) is 8.13. The zero-order valence-corrected chi connectivity index (χ0v) is 17.0. The Kier molecular flexibility index (Phi) is 8.65. The maximum atomic E-state index is 11.9. The number of hydrogen-bond donors (Lipinski definition) is 2. The fraction of sp³-hybridized carbons (Fsp3) is 0.895. The molecule has 2 fully saturated rings. The van der Waals surface area contributed by atoms with Crippen LogP contribution in [0.25, 0.3) is 0 Å². The number of ether oxygens (including phenoxy) is 1. The molecule has 2 aliphatic heterocycles. The second kappa shape index (κ2) is 10.7. The molecule has 2 atom stereocenters. The summed E-state index contributed by atoms with van der Waals surface area (Å²) in [6, 6.07) is 0.545. The Morgan fingerprint density at radius 3 is 2.69 bits per heavy atom. The first kappa shape index (κ1) is 21.0. The van der Waals surface area contributed by atoms with Crippen molar-refractivity contribution in [3.05, 3.63) is 0 Å². The minimum atomic E-state index is 0.0117. The van der Waals surface area contributed by atoms with Gasteiger partial charge in [0.15, 0.2) is 5.96 Å². The van der Waals surface area contributed by atoms with E-state index in [1.165, 1.54) is 19.4 Å². The van der Waals surface area contributed by atoms with Gasteiger partial charge < -0.3 is 20.3 Å². The lowest BCUT2D eigenvalue weighted by atomic mass is 10.1. The van der Waals surface area contributed by atoms with Gasteiger partial charge in [0.2, 0.25) is 5.91 Å². The summed E-state index contributed by atoms with van der Waals surface area (Å²) < 4.78 is 5.44. The number of rotatable bonds is 8. The molecule has 2 aliphatic rings. The number of carbonyl (C=O) groups is 1. The molecular weight excluding hydrogens is 330 g/mol. The lowest BCUT2D eigenvalue weighted by molar-refractivity contribution is -0.127. The monoisotopic (exact) mass is 367 g/mol. The molecule has 0 spiro atoms. The first-order chi connectivity index (χ1) is 12.5. The van der Waals surface area contributed by atoms with E-state index in [1.54, 1.807) is 19.0 Å². The summed E-state index contributed by atoms with van der Waals surface area (Å²) in [5, 5.41) is 6.87. The molecular formula is C19H37N5O2. The number of nitrogens with one attached hydrogen (secondary N) is 2. The van der Waals surface area contributed by atoms with E-state index in [9.17, 15) is 4.79 Å². The van der Waals surface area contributed by atoms with Crippen LogP contribution in [-0.2, 0) is 9.53 Å². The number of aliphatic imine (C=N–C) groups is 1. The molecule has 1 amide bonds. The van der Waals surface area contributed by atoms with Crippen LogP contribution in [0.15, 0.2) is 4.99 Å². The van der Waals surface area contributed by atoms with Crippen molar-refractivity contribution in [3.8, 4) is 0 Å². The van der Waals surface area contributed by atoms with Gasteiger partial charge in [0.25, 0.3) is 0 Å². The first-order valence-electron chi connectivity index (χ1n) is 9.99. The smallest absolute Gasteiger partial charge is 0.243 e. The normalized spacial score (nSPS) is 24.3. The standard InChI is InChI=1S/C19H37N5O2/c1-15(2)13-24-8-5-6-17(24)11-21-19(22-12-18(25)23(3)4)20-10-16-7-9-26-14-16/h15-17H,5-14H2,1-4H3,(H2,20,21,22)/t16?,17-/m1/s1. The van der Waals surface area contributed by atoms with E-state index in [4.69, 9.17) is 4.74 Å². The lowest BCUT2D eigenvalue weighted by Crippen LogP contribution is -2.47. The quantitative estimate of drug-likeness (QED) is 0.490. The number of nitrogens with zero attached hydrogens (tertiary/aromatic N) is 3. The van der Waals surface area contributed by atoms with E-state index in [0.717, 1.165) is 45.2 Å². The number of carbonyl (C=O) groups excluding carboxylic acids is 1. The molecule has 2 N–H and O–H groups in total. The summed E-state index contributed by atoms with van der Waals surface area (Å²) in [7, 11) is 3.52. The van der Waals surface area contributed by atoms with E-state index in [0.29, 0.717) is 17.9 Å². The Hall–Kier alpha value is -1.34. The van der Waals surface area contributed by atoms with Crippen molar-refractivity contribution in [2.75, 3.05) is 60.0 Å². The molecule has 150 valence electrons. The molecule has 2 heterocycles. The van der Waals surface area contributed by atoms with E-state index in [2.05, 4.69) is 34.4 Å². The zero-order chi connectivity index (χ0) is 18.9. The van der Waals surface area contributed by atoms with Gasteiger partial charge in [0, 0.05) is 52.3 Å². The van der Waals surface area contributed by atoms with Crippen molar-refractivity contribution in [2.45, 2.75) is 39.2 Å². The van der Waals surface area contributed by atoms with Gasteiger partial charge in [0.1, 0.15) is 6.54 Å². The van der Waals surface area contributed by atoms with Crippen LogP contribution in [0.5, 0.6) is 0 Å². The van der Waals surface area contributed by atoms with Gasteiger partial charge in [0.05, 0.1) is 6.61 Å². The van der Waals surface area contributed by atoms with Crippen molar-refractivity contribution in [1.29, 1.82) is 0 Å². The number of amides is 1. The van der Waals surface area contributed by atoms with Crippen LogP contribution in [0.4, 0.5) is 0 Å². The third-order valence-electron chi connectivity index (χ3n) is 5.06. The summed E-state index contributed by atoms with van der Waals surface area (Å²) in [6.07, 6.45) is 3.57. The van der Waals surface area contributed by atoms with Gasteiger partial charge in [-0.1, -0.05) is 13.8 Å². The average molecular weight is 368 g/mol. The highest BCUT2D eigenvalue weighted by atomic mass is 16.5. The van der Waals surface area contributed by atoms with Gasteiger partial charge in [-0.15, -0.1) is 0 Å². The minimum Gasteiger partial charge on any atom is -0.381 e.